The Hall–Kier alpha value is -4.95. The first-order valence-corrected chi connectivity index (χ1v) is 20.5. The van der Waals surface area contributed by atoms with Gasteiger partial charge in [0.15, 0.2) is 17.0 Å². The largest absolute Gasteiger partial charge is 0.497 e. The minimum atomic E-state index is -1.50. The van der Waals surface area contributed by atoms with Crippen LogP contribution in [0.15, 0.2) is 104 Å². The van der Waals surface area contributed by atoms with E-state index in [9.17, 15) is 4.79 Å². The number of hydrogen-bond acceptors (Lipinski definition) is 12. The highest BCUT2D eigenvalue weighted by atomic mass is 31.2. The second-order valence-electron chi connectivity index (χ2n) is 14.1. The van der Waals surface area contributed by atoms with Crippen LogP contribution in [0.4, 0.5) is 10.6 Å². The normalized spacial score (nSPS) is 17.5. The predicted molar refractivity (Wildman–Crippen MR) is 223 cm³/mol. The number of aromatic nitrogens is 4. The van der Waals surface area contributed by atoms with Crippen molar-refractivity contribution in [3.8, 4) is 11.5 Å². The van der Waals surface area contributed by atoms with Gasteiger partial charge in [0.05, 0.1) is 39.9 Å². The Kier molecular flexibility index (Phi) is 14.5. The summed E-state index contributed by atoms with van der Waals surface area (Å²) in [5.41, 5.74) is 2.46. The van der Waals surface area contributed by atoms with Gasteiger partial charge in [-0.25, -0.2) is 24.4 Å². The number of imidazole rings is 1. The molecule has 308 valence electrons. The molecule has 0 spiro atoms. The number of benzene rings is 3. The van der Waals surface area contributed by atoms with E-state index in [1.54, 1.807) is 20.5 Å². The van der Waals surface area contributed by atoms with Gasteiger partial charge < -0.3 is 32.7 Å². The van der Waals surface area contributed by atoms with Crippen LogP contribution in [0.3, 0.4) is 0 Å². The van der Waals surface area contributed by atoms with Gasteiger partial charge in [0.25, 0.3) is 8.53 Å². The summed E-state index contributed by atoms with van der Waals surface area (Å²) in [7, 11) is 1.79. The maximum Gasteiger partial charge on any atom is 0.413 e. The van der Waals surface area contributed by atoms with Crippen LogP contribution < -0.4 is 14.8 Å². The maximum atomic E-state index is 12.4. The van der Waals surface area contributed by atoms with Crippen molar-refractivity contribution in [2.24, 2.45) is 0 Å². The fourth-order valence-electron chi connectivity index (χ4n) is 7.19. The zero-order valence-electron chi connectivity index (χ0n) is 34.1. The third kappa shape index (κ3) is 9.33. The third-order valence-corrected chi connectivity index (χ3v) is 12.0. The molecule has 58 heavy (non-hydrogen) atoms. The van der Waals surface area contributed by atoms with Crippen LogP contribution in [0.2, 0.25) is 0 Å². The minimum Gasteiger partial charge on any atom is -0.497 e. The number of amides is 1. The molecule has 3 heterocycles. The predicted octanol–water partition coefficient (Wildman–Crippen LogP) is 8.64. The molecule has 0 radical (unpaired) electrons. The highest BCUT2D eigenvalue weighted by Gasteiger charge is 2.45. The summed E-state index contributed by atoms with van der Waals surface area (Å²) in [5.74, 6) is 1.66. The van der Waals surface area contributed by atoms with Crippen LogP contribution in [0.25, 0.3) is 11.2 Å². The monoisotopic (exact) mass is 812 g/mol. The highest BCUT2D eigenvalue weighted by Crippen LogP contribution is 2.51. The lowest BCUT2D eigenvalue weighted by Crippen LogP contribution is -2.39. The smallest absolute Gasteiger partial charge is 0.413 e. The lowest BCUT2D eigenvalue weighted by Gasteiger charge is -2.39. The minimum absolute atomic E-state index is 0.0487. The molecule has 1 fully saturated rings. The first-order chi connectivity index (χ1) is 28.1. The van der Waals surface area contributed by atoms with Gasteiger partial charge in [0, 0.05) is 18.5 Å². The Bertz CT molecular complexity index is 2030. The van der Waals surface area contributed by atoms with E-state index in [1.807, 2.05) is 78.2 Å². The van der Waals surface area contributed by atoms with Crippen molar-refractivity contribution in [3.05, 3.63) is 121 Å². The van der Waals surface area contributed by atoms with Crippen molar-refractivity contribution in [1.29, 1.82) is 0 Å². The number of rotatable bonds is 19. The standard InChI is InChI=1S/C43H53N6O8P/c1-9-24-53-42(50)47-40-39-41(45-27-44-40)48(28-46-39)38-25-36(57-58(55-10-2)49(29(3)4)30(5)6)37(56-38)26-54-43(31-14-12-11-13-15-31,32-16-20-34(51-7)21-17-32)33-18-22-35(52-8)23-19-33/h9,11-23,27-30,36-38H,1,10,24-26H2,2-8H3,(H,44,45,47,50)/t36-,37+,38+,58?/m0/s1. The van der Waals surface area contributed by atoms with Crippen molar-refractivity contribution in [3.63, 3.8) is 0 Å². The Labute approximate surface area is 341 Å². The Morgan fingerprint density at radius 3 is 2.14 bits per heavy atom. The van der Waals surface area contributed by atoms with Crippen molar-refractivity contribution in [2.45, 2.75) is 77.2 Å². The van der Waals surface area contributed by atoms with Gasteiger partial charge in [-0.15, -0.1) is 0 Å². The zero-order valence-corrected chi connectivity index (χ0v) is 35.0. The molecular weight excluding hydrogens is 759 g/mol. The summed E-state index contributed by atoms with van der Waals surface area (Å²) in [4.78, 5) is 25.8. The maximum absolute atomic E-state index is 12.4. The molecule has 14 nitrogen and oxygen atoms in total. The van der Waals surface area contributed by atoms with Gasteiger partial charge >= 0.3 is 6.09 Å². The van der Waals surface area contributed by atoms with E-state index >= 15 is 0 Å². The number of carbonyl (C=O) groups excluding carboxylic acids is 1. The number of carbonyl (C=O) groups is 1. The van der Waals surface area contributed by atoms with Gasteiger partial charge in [-0.05, 0) is 75.6 Å². The van der Waals surface area contributed by atoms with E-state index in [0.29, 0.717) is 24.2 Å². The molecular formula is C43H53N6O8P. The molecule has 6 rings (SSSR count). The van der Waals surface area contributed by atoms with Crippen LogP contribution in [0, 0.1) is 0 Å². The zero-order chi connectivity index (χ0) is 41.2. The number of fused-ring (bicyclic) bond motifs is 1. The van der Waals surface area contributed by atoms with Crippen LogP contribution in [0.5, 0.6) is 11.5 Å². The van der Waals surface area contributed by atoms with E-state index in [-0.39, 0.29) is 31.1 Å². The quantitative estimate of drug-likeness (QED) is 0.0485. The summed E-state index contributed by atoms with van der Waals surface area (Å²) in [6.45, 7) is 14.8. The summed E-state index contributed by atoms with van der Waals surface area (Å²) < 4.78 is 48.0. The molecule has 1 amide bonds. The summed E-state index contributed by atoms with van der Waals surface area (Å²) in [6, 6.07) is 26.3. The molecule has 0 saturated carbocycles. The molecule has 3 aromatic carbocycles. The fraction of sp³-hybridized carbons (Fsp3) is 0.395. The van der Waals surface area contributed by atoms with Crippen molar-refractivity contribution >= 4 is 31.6 Å². The van der Waals surface area contributed by atoms with E-state index in [4.69, 9.17) is 32.7 Å². The molecule has 1 aliphatic heterocycles. The second-order valence-corrected chi connectivity index (χ2v) is 15.5. The molecule has 15 heteroatoms. The SMILES string of the molecule is C=CCOC(=O)Nc1ncnc2c1ncn2[C@H]1C[C@H](OP(OCC)N(C(C)C)C(C)C)[C@@H](COC(c2ccccc2)(c2ccc(OC)cc2)c2ccc(OC)cc2)O1. The van der Waals surface area contributed by atoms with Crippen LogP contribution in [0.1, 0.15) is 64.0 Å². The molecule has 5 aromatic rings. The third-order valence-electron chi connectivity index (χ3n) is 9.75. The van der Waals surface area contributed by atoms with Crippen LogP contribution >= 0.6 is 8.53 Å². The van der Waals surface area contributed by atoms with Crippen molar-refractivity contribution in [2.75, 3.05) is 39.4 Å². The van der Waals surface area contributed by atoms with Gasteiger partial charge in [-0.2, -0.15) is 0 Å². The number of hydrogen-bond donors (Lipinski definition) is 1. The molecule has 0 bridgehead atoms. The van der Waals surface area contributed by atoms with Crippen molar-refractivity contribution < 1.29 is 37.5 Å². The molecule has 4 atom stereocenters. The first-order valence-electron chi connectivity index (χ1n) is 19.4. The second kappa shape index (κ2) is 19.7. The molecule has 1 N–H and O–H groups in total. The van der Waals surface area contributed by atoms with E-state index in [0.717, 1.165) is 28.2 Å². The van der Waals surface area contributed by atoms with Crippen LogP contribution in [-0.2, 0) is 28.9 Å². The molecule has 1 unspecified atom stereocenters. The Morgan fingerprint density at radius 1 is 0.948 bits per heavy atom. The van der Waals surface area contributed by atoms with E-state index in [2.05, 4.69) is 71.3 Å². The highest BCUT2D eigenvalue weighted by molar-refractivity contribution is 7.44. The Morgan fingerprint density at radius 2 is 1.57 bits per heavy atom. The number of nitrogens with zero attached hydrogens (tertiary/aromatic N) is 5. The van der Waals surface area contributed by atoms with Gasteiger partial charge in [-0.1, -0.05) is 67.3 Å². The lowest BCUT2D eigenvalue weighted by atomic mass is 9.80. The van der Waals surface area contributed by atoms with Gasteiger partial charge in [-0.3, -0.25) is 9.88 Å². The lowest BCUT2D eigenvalue weighted by molar-refractivity contribution is -0.0911. The molecule has 1 aliphatic rings. The fourth-order valence-corrected chi connectivity index (χ4v) is 8.92. The summed E-state index contributed by atoms with van der Waals surface area (Å²) in [6.07, 6.45) is 2.59. The summed E-state index contributed by atoms with van der Waals surface area (Å²) >= 11 is 0. The average Bonchev–Trinajstić information content (AvgIpc) is 3.85. The Balaban J connectivity index is 1.41. The van der Waals surface area contributed by atoms with E-state index < -0.39 is 38.7 Å². The summed E-state index contributed by atoms with van der Waals surface area (Å²) in [5, 5.41) is 2.66. The van der Waals surface area contributed by atoms with Crippen LogP contribution in [-0.4, -0.2) is 88.6 Å². The molecule has 2 aromatic heterocycles. The first kappa shape index (κ1) is 42.7. The van der Waals surface area contributed by atoms with Gasteiger partial charge in [0.1, 0.15) is 42.4 Å². The molecule has 1 saturated heterocycles. The number of nitrogens with one attached hydrogen (secondary N) is 1. The number of anilines is 1. The van der Waals surface area contributed by atoms with Gasteiger partial charge in [0.2, 0.25) is 0 Å². The van der Waals surface area contributed by atoms with E-state index in [1.165, 1.54) is 12.4 Å². The average molecular weight is 813 g/mol. The molecule has 0 aliphatic carbocycles. The number of methoxy groups -OCH3 is 2. The van der Waals surface area contributed by atoms with Crippen molar-refractivity contribution in [1.82, 2.24) is 24.2 Å². The topological polar surface area (TPSA) is 141 Å². The number of ether oxygens (including phenoxy) is 5.